The Labute approximate surface area is 153 Å². The first-order chi connectivity index (χ1) is 12.3. The molecule has 0 aliphatic carbocycles. The van der Waals surface area contributed by atoms with Gasteiger partial charge in [-0.1, -0.05) is 32.0 Å². The van der Waals surface area contributed by atoms with Crippen LogP contribution in [0.2, 0.25) is 0 Å². The number of rotatable bonds is 8. The minimum absolute atomic E-state index is 0.0359. The molecule has 2 aromatic carbocycles. The molecule has 0 saturated carbocycles. The fraction of sp³-hybridized carbons (Fsp3) is 0.316. The van der Waals surface area contributed by atoms with Gasteiger partial charge in [-0.15, -0.1) is 0 Å². The van der Waals surface area contributed by atoms with Crippen molar-refractivity contribution >= 4 is 15.9 Å². The number of hydrogen-bond acceptors (Lipinski definition) is 3. The number of carbonyl (C=O) groups excluding carboxylic acids is 1. The molecule has 2 N–H and O–H groups in total. The summed E-state index contributed by atoms with van der Waals surface area (Å²) < 4.78 is 40.2. The monoisotopic (exact) mass is 378 g/mol. The number of sulfonamides is 1. The summed E-state index contributed by atoms with van der Waals surface area (Å²) in [6.07, 6.45) is 0.439. The van der Waals surface area contributed by atoms with Gasteiger partial charge in [-0.3, -0.25) is 4.79 Å². The van der Waals surface area contributed by atoms with Gasteiger partial charge in [0.15, 0.2) is 0 Å². The predicted molar refractivity (Wildman–Crippen MR) is 98.9 cm³/mol. The van der Waals surface area contributed by atoms with Crippen LogP contribution < -0.4 is 10.0 Å². The molecule has 26 heavy (non-hydrogen) atoms. The van der Waals surface area contributed by atoms with Crippen molar-refractivity contribution in [1.29, 1.82) is 0 Å². The summed E-state index contributed by atoms with van der Waals surface area (Å²) >= 11 is 0. The van der Waals surface area contributed by atoms with Gasteiger partial charge < -0.3 is 5.32 Å². The Hall–Kier alpha value is -2.25. The van der Waals surface area contributed by atoms with Gasteiger partial charge in [0.25, 0.3) is 5.91 Å². The number of amides is 1. The third-order valence-corrected chi connectivity index (χ3v) is 5.16. The van der Waals surface area contributed by atoms with Crippen molar-refractivity contribution in [1.82, 2.24) is 10.0 Å². The zero-order valence-electron chi connectivity index (χ0n) is 14.8. The maximum absolute atomic E-state index is 12.9. The molecule has 0 aromatic heterocycles. The molecule has 0 aliphatic rings. The Morgan fingerprint density at radius 1 is 1.12 bits per heavy atom. The Morgan fingerprint density at radius 3 is 2.46 bits per heavy atom. The van der Waals surface area contributed by atoms with Crippen LogP contribution in [0.3, 0.4) is 0 Å². The first kappa shape index (κ1) is 20.1. The van der Waals surface area contributed by atoms with E-state index >= 15 is 0 Å². The van der Waals surface area contributed by atoms with Crippen molar-refractivity contribution in [2.75, 3.05) is 13.1 Å². The molecule has 1 amide bonds. The third kappa shape index (κ3) is 5.93. The SMILES string of the molecule is CC(C)CNC(=O)c1cccc(S(=O)(=O)NCCc2ccc(F)cc2)c1. The minimum atomic E-state index is -3.73. The molecule has 0 bridgehead atoms. The van der Waals surface area contributed by atoms with E-state index in [4.69, 9.17) is 0 Å². The van der Waals surface area contributed by atoms with Gasteiger partial charge >= 0.3 is 0 Å². The first-order valence-corrected chi connectivity index (χ1v) is 9.88. The normalized spacial score (nSPS) is 11.5. The Kier molecular flexibility index (Phi) is 6.88. The van der Waals surface area contributed by atoms with Crippen LogP contribution in [0, 0.1) is 11.7 Å². The van der Waals surface area contributed by atoms with Crippen LogP contribution >= 0.6 is 0 Å². The van der Waals surface area contributed by atoms with E-state index in [0.717, 1.165) is 5.56 Å². The highest BCUT2D eigenvalue weighted by atomic mass is 32.2. The number of nitrogens with one attached hydrogen (secondary N) is 2. The van der Waals surface area contributed by atoms with Crippen molar-refractivity contribution in [3.05, 3.63) is 65.5 Å². The summed E-state index contributed by atoms with van der Waals surface area (Å²) in [5, 5.41) is 2.76. The molecule has 0 unspecified atom stereocenters. The van der Waals surface area contributed by atoms with Crippen molar-refractivity contribution in [2.24, 2.45) is 5.92 Å². The van der Waals surface area contributed by atoms with Gasteiger partial charge in [-0.2, -0.15) is 0 Å². The van der Waals surface area contributed by atoms with Gasteiger partial charge in [0.05, 0.1) is 4.90 Å². The summed E-state index contributed by atoms with van der Waals surface area (Å²) in [4.78, 5) is 12.1. The van der Waals surface area contributed by atoms with Gasteiger partial charge in [0, 0.05) is 18.7 Å². The number of halogens is 1. The molecule has 0 fully saturated rings. The van der Waals surface area contributed by atoms with Crippen LogP contribution in [-0.4, -0.2) is 27.4 Å². The van der Waals surface area contributed by atoms with E-state index in [9.17, 15) is 17.6 Å². The molecule has 2 aromatic rings. The standard InChI is InChI=1S/C19H23FN2O3S/c1-14(2)13-21-19(23)16-4-3-5-18(12-16)26(24,25)22-11-10-15-6-8-17(20)9-7-15/h3-9,12,14,22H,10-11,13H2,1-2H3,(H,21,23). The molecule has 0 radical (unpaired) electrons. The summed E-state index contributed by atoms with van der Waals surface area (Å²) in [5.74, 6) is -0.331. The molecule has 0 spiro atoms. The highest BCUT2D eigenvalue weighted by Gasteiger charge is 2.16. The van der Waals surface area contributed by atoms with E-state index in [0.29, 0.717) is 24.4 Å². The van der Waals surface area contributed by atoms with Gasteiger partial charge in [0.2, 0.25) is 10.0 Å². The Morgan fingerprint density at radius 2 is 1.81 bits per heavy atom. The molecule has 2 rings (SSSR count). The number of hydrogen-bond donors (Lipinski definition) is 2. The summed E-state index contributed by atoms with van der Waals surface area (Å²) in [7, 11) is -3.73. The minimum Gasteiger partial charge on any atom is -0.352 e. The first-order valence-electron chi connectivity index (χ1n) is 8.40. The van der Waals surface area contributed by atoms with E-state index in [-0.39, 0.29) is 23.2 Å². The molecule has 7 heteroatoms. The van der Waals surface area contributed by atoms with Crippen LogP contribution in [0.15, 0.2) is 53.4 Å². The quantitative estimate of drug-likeness (QED) is 0.742. The lowest BCUT2D eigenvalue weighted by atomic mass is 10.1. The van der Waals surface area contributed by atoms with E-state index in [1.54, 1.807) is 24.3 Å². The topological polar surface area (TPSA) is 75.3 Å². The maximum Gasteiger partial charge on any atom is 0.251 e. The van der Waals surface area contributed by atoms with E-state index in [2.05, 4.69) is 10.0 Å². The van der Waals surface area contributed by atoms with Crippen LogP contribution in [0.4, 0.5) is 4.39 Å². The fourth-order valence-corrected chi connectivity index (χ4v) is 3.34. The second-order valence-electron chi connectivity index (χ2n) is 6.41. The Bertz CT molecular complexity index is 849. The summed E-state index contributed by atoms with van der Waals surface area (Å²) in [6.45, 7) is 4.65. The zero-order valence-corrected chi connectivity index (χ0v) is 15.6. The molecule has 0 aliphatic heterocycles. The smallest absolute Gasteiger partial charge is 0.251 e. The van der Waals surface area contributed by atoms with Crippen molar-refractivity contribution in [3.63, 3.8) is 0 Å². The van der Waals surface area contributed by atoms with Crippen LogP contribution in [0.25, 0.3) is 0 Å². The van der Waals surface area contributed by atoms with Crippen molar-refractivity contribution in [2.45, 2.75) is 25.2 Å². The fourth-order valence-electron chi connectivity index (χ4n) is 2.27. The highest BCUT2D eigenvalue weighted by molar-refractivity contribution is 7.89. The van der Waals surface area contributed by atoms with Crippen LogP contribution in [0.1, 0.15) is 29.8 Å². The van der Waals surface area contributed by atoms with Gasteiger partial charge in [-0.05, 0) is 48.2 Å². The van der Waals surface area contributed by atoms with Gasteiger partial charge in [-0.25, -0.2) is 17.5 Å². The summed E-state index contributed by atoms with van der Waals surface area (Å²) in [5.41, 5.74) is 1.13. The molecule has 0 atom stereocenters. The average Bonchev–Trinajstić information content (AvgIpc) is 2.61. The molecular weight excluding hydrogens is 355 g/mol. The second kappa shape index (κ2) is 8.91. The van der Waals surface area contributed by atoms with E-state index in [1.165, 1.54) is 24.3 Å². The zero-order chi connectivity index (χ0) is 19.2. The Balaban J connectivity index is 2.00. The molecule has 0 heterocycles. The van der Waals surface area contributed by atoms with Gasteiger partial charge in [0.1, 0.15) is 5.82 Å². The van der Waals surface area contributed by atoms with Crippen molar-refractivity contribution < 1.29 is 17.6 Å². The van der Waals surface area contributed by atoms with Crippen molar-refractivity contribution in [3.8, 4) is 0 Å². The van der Waals surface area contributed by atoms with E-state index < -0.39 is 10.0 Å². The maximum atomic E-state index is 12.9. The lowest BCUT2D eigenvalue weighted by molar-refractivity contribution is 0.0949. The van der Waals surface area contributed by atoms with Crippen LogP contribution in [-0.2, 0) is 16.4 Å². The molecular formula is C19H23FN2O3S. The number of carbonyl (C=O) groups is 1. The van der Waals surface area contributed by atoms with E-state index in [1.807, 2.05) is 13.8 Å². The lowest BCUT2D eigenvalue weighted by Crippen LogP contribution is -2.28. The highest BCUT2D eigenvalue weighted by Crippen LogP contribution is 2.12. The molecule has 140 valence electrons. The summed E-state index contributed by atoms with van der Waals surface area (Å²) in [6, 6.07) is 11.8. The molecule has 0 saturated heterocycles. The second-order valence-corrected chi connectivity index (χ2v) is 8.17. The average molecular weight is 378 g/mol. The number of benzene rings is 2. The third-order valence-electron chi connectivity index (χ3n) is 3.70. The molecule has 5 nitrogen and oxygen atoms in total. The lowest BCUT2D eigenvalue weighted by Gasteiger charge is -2.10. The predicted octanol–water partition coefficient (Wildman–Crippen LogP) is 2.73. The van der Waals surface area contributed by atoms with Crippen LogP contribution in [0.5, 0.6) is 0 Å². The largest absolute Gasteiger partial charge is 0.352 e.